The third kappa shape index (κ3) is 3.34. The van der Waals surface area contributed by atoms with Crippen LogP contribution in [-0.4, -0.2) is 15.7 Å². The average molecular weight is 268 g/mol. The first-order valence-electron chi connectivity index (χ1n) is 5.02. The van der Waals surface area contributed by atoms with Gasteiger partial charge in [-0.25, -0.2) is 0 Å². The van der Waals surface area contributed by atoms with Crippen molar-refractivity contribution >= 4 is 30.3 Å². The molecule has 0 bridgehead atoms. The highest BCUT2D eigenvalue weighted by Gasteiger charge is 2.23. The van der Waals surface area contributed by atoms with Crippen LogP contribution in [0.3, 0.4) is 0 Å². The van der Waals surface area contributed by atoms with E-state index < -0.39 is 0 Å². The highest BCUT2D eigenvalue weighted by Crippen LogP contribution is 2.28. The van der Waals surface area contributed by atoms with E-state index in [1.54, 1.807) is 18.3 Å². The third-order valence-electron chi connectivity index (χ3n) is 2.19. The Balaban J connectivity index is 1.89. The van der Waals surface area contributed by atoms with Crippen molar-refractivity contribution in [3.63, 3.8) is 0 Å². The van der Waals surface area contributed by atoms with Crippen LogP contribution >= 0.6 is 24.4 Å². The molecule has 0 saturated carbocycles. The molecule has 0 aromatic heterocycles. The molecule has 6 heteroatoms. The maximum absolute atomic E-state index is 11.3. The van der Waals surface area contributed by atoms with E-state index in [1.807, 2.05) is 12.1 Å². The maximum Gasteiger partial charge on any atom is 0.260 e. The highest BCUT2D eigenvalue weighted by molar-refractivity contribution is 8.14. The molecule has 1 aliphatic heterocycles. The van der Waals surface area contributed by atoms with Gasteiger partial charge in [0, 0.05) is 12.7 Å². The smallest absolute Gasteiger partial charge is 0.260 e. The summed E-state index contributed by atoms with van der Waals surface area (Å²) in [4.78, 5) is 12.0. The molecule has 4 nitrogen and oxygen atoms in total. The van der Waals surface area contributed by atoms with Gasteiger partial charge in [-0.05, 0) is 17.7 Å². The molecule has 1 aromatic carbocycles. The van der Waals surface area contributed by atoms with Crippen molar-refractivity contribution in [1.29, 1.82) is 0 Å². The van der Waals surface area contributed by atoms with Gasteiger partial charge in [0.2, 0.25) is 0 Å². The molecule has 1 amide bonds. The minimum absolute atomic E-state index is 0.104. The van der Waals surface area contributed by atoms with Crippen molar-refractivity contribution in [2.75, 3.05) is 0 Å². The predicted octanol–water partition coefficient (Wildman–Crippen LogP) is 1.40. The van der Waals surface area contributed by atoms with E-state index in [-0.39, 0.29) is 16.4 Å². The quantitative estimate of drug-likeness (QED) is 0.494. The number of hydrogen-bond donors (Lipinski definition) is 4. The van der Waals surface area contributed by atoms with Crippen molar-refractivity contribution < 1.29 is 9.90 Å². The number of carbonyl (C=O) groups is 1. The lowest BCUT2D eigenvalue weighted by Crippen LogP contribution is -2.20. The Morgan fingerprint density at radius 1 is 1.47 bits per heavy atom. The largest absolute Gasteiger partial charge is 0.508 e. The molecule has 1 saturated heterocycles. The summed E-state index contributed by atoms with van der Waals surface area (Å²) in [5.74, 6) is 0.143. The topological polar surface area (TPSA) is 61.4 Å². The highest BCUT2D eigenvalue weighted by atomic mass is 32.2. The lowest BCUT2D eigenvalue weighted by molar-refractivity contribution is -0.116. The number of carbonyl (C=O) groups excluding carboxylic acids is 1. The molecule has 1 fully saturated rings. The Hall–Kier alpha value is -1.27. The second kappa shape index (κ2) is 5.37. The minimum atomic E-state index is -0.163. The van der Waals surface area contributed by atoms with E-state index in [0.29, 0.717) is 11.4 Å². The molecule has 17 heavy (non-hydrogen) atoms. The second-order valence-corrected chi connectivity index (χ2v) is 5.51. The Morgan fingerprint density at radius 2 is 2.18 bits per heavy atom. The summed E-state index contributed by atoms with van der Waals surface area (Å²) in [6.45, 7) is 0.606. The number of phenols is 1. The fourth-order valence-electron chi connectivity index (χ4n) is 1.36. The van der Waals surface area contributed by atoms with Crippen molar-refractivity contribution in [2.24, 2.45) is 0 Å². The fourth-order valence-corrected chi connectivity index (χ4v) is 2.54. The minimum Gasteiger partial charge on any atom is -0.508 e. The maximum atomic E-state index is 11.3. The molecule has 0 spiro atoms. The summed E-state index contributed by atoms with van der Waals surface area (Å²) < 4.78 is -0.163. The van der Waals surface area contributed by atoms with Crippen molar-refractivity contribution in [3.05, 3.63) is 40.9 Å². The molecule has 90 valence electrons. The number of benzene rings is 1. The molecular weight excluding hydrogens is 256 g/mol. The standard InChI is InChI=1S/C11H12N2O2S2/c14-8-3-1-7(2-4-8)5-12-6-9-10(15)13-11(16)17-9/h1-4,6,11-12,14,16H,5H2,(H,13,15)/b9-6-. The summed E-state index contributed by atoms with van der Waals surface area (Å²) in [6.07, 6.45) is 1.68. The first kappa shape index (κ1) is 12.2. The van der Waals surface area contributed by atoms with E-state index in [4.69, 9.17) is 5.11 Å². The van der Waals surface area contributed by atoms with Crippen LogP contribution in [0.15, 0.2) is 35.4 Å². The zero-order chi connectivity index (χ0) is 12.3. The molecule has 0 radical (unpaired) electrons. The fraction of sp³-hybridized carbons (Fsp3) is 0.182. The van der Waals surface area contributed by atoms with Crippen molar-refractivity contribution in [2.45, 2.75) is 11.3 Å². The van der Waals surface area contributed by atoms with Gasteiger partial charge in [-0.3, -0.25) is 4.79 Å². The van der Waals surface area contributed by atoms with Crippen LogP contribution in [-0.2, 0) is 11.3 Å². The number of nitrogens with one attached hydrogen (secondary N) is 2. The van der Waals surface area contributed by atoms with E-state index >= 15 is 0 Å². The van der Waals surface area contributed by atoms with Crippen LogP contribution in [0.2, 0.25) is 0 Å². The molecule has 0 aliphatic carbocycles. The molecule has 1 unspecified atom stereocenters. The summed E-state index contributed by atoms with van der Waals surface area (Å²) >= 11 is 5.52. The van der Waals surface area contributed by atoms with Gasteiger partial charge in [-0.1, -0.05) is 23.9 Å². The van der Waals surface area contributed by atoms with Crippen molar-refractivity contribution in [3.8, 4) is 5.75 Å². The predicted molar refractivity (Wildman–Crippen MR) is 71.5 cm³/mol. The molecule has 2 rings (SSSR count). The average Bonchev–Trinajstić information content (AvgIpc) is 2.60. The third-order valence-corrected chi connectivity index (χ3v) is 3.54. The first-order chi connectivity index (χ1) is 8.15. The van der Waals surface area contributed by atoms with Crippen LogP contribution in [0.4, 0.5) is 0 Å². The SMILES string of the molecule is O=C1NC(S)S/C1=C\NCc1ccc(O)cc1. The Morgan fingerprint density at radius 3 is 2.76 bits per heavy atom. The molecule has 1 aliphatic rings. The van der Waals surface area contributed by atoms with Crippen LogP contribution in [0, 0.1) is 0 Å². The van der Waals surface area contributed by atoms with Gasteiger partial charge < -0.3 is 15.7 Å². The van der Waals surface area contributed by atoms with E-state index in [1.165, 1.54) is 11.8 Å². The monoisotopic (exact) mass is 268 g/mol. The Kier molecular flexibility index (Phi) is 3.86. The number of thiol groups is 1. The Bertz CT molecular complexity index is 445. The van der Waals surface area contributed by atoms with Gasteiger partial charge in [-0.15, -0.1) is 12.6 Å². The zero-order valence-corrected chi connectivity index (χ0v) is 10.6. The number of thioether (sulfide) groups is 1. The lowest BCUT2D eigenvalue weighted by atomic mass is 10.2. The van der Waals surface area contributed by atoms with E-state index in [2.05, 4.69) is 23.3 Å². The Labute approximate surface area is 109 Å². The summed E-state index contributed by atoms with van der Waals surface area (Å²) in [7, 11) is 0. The lowest BCUT2D eigenvalue weighted by Gasteiger charge is -2.02. The molecular formula is C11H12N2O2S2. The summed E-state index contributed by atoms with van der Waals surface area (Å²) in [5, 5.41) is 14.8. The van der Waals surface area contributed by atoms with Gasteiger partial charge in [0.15, 0.2) is 0 Å². The van der Waals surface area contributed by atoms with Gasteiger partial charge >= 0.3 is 0 Å². The van der Waals surface area contributed by atoms with Crippen LogP contribution < -0.4 is 10.6 Å². The van der Waals surface area contributed by atoms with Gasteiger partial charge in [-0.2, -0.15) is 0 Å². The van der Waals surface area contributed by atoms with Crippen LogP contribution in [0.1, 0.15) is 5.56 Å². The molecule has 1 atom stereocenters. The molecule has 3 N–H and O–H groups in total. The number of phenolic OH excluding ortho intramolecular Hbond substituents is 1. The number of amides is 1. The summed E-state index contributed by atoms with van der Waals surface area (Å²) in [5.41, 5.74) is 1.03. The van der Waals surface area contributed by atoms with Gasteiger partial charge in [0.05, 0.1) is 4.91 Å². The normalized spacial score (nSPS) is 21.6. The van der Waals surface area contributed by atoms with Crippen molar-refractivity contribution in [1.82, 2.24) is 10.6 Å². The second-order valence-electron chi connectivity index (χ2n) is 3.50. The first-order valence-corrected chi connectivity index (χ1v) is 6.42. The number of aromatic hydroxyl groups is 1. The molecule has 1 heterocycles. The number of rotatable bonds is 3. The van der Waals surface area contributed by atoms with Crippen LogP contribution in [0.25, 0.3) is 0 Å². The summed E-state index contributed by atoms with van der Waals surface area (Å²) in [6, 6.07) is 6.91. The zero-order valence-electron chi connectivity index (χ0n) is 8.88. The van der Waals surface area contributed by atoms with E-state index in [0.717, 1.165) is 5.56 Å². The van der Waals surface area contributed by atoms with E-state index in [9.17, 15) is 4.79 Å². The van der Waals surface area contributed by atoms with Gasteiger partial charge in [0.25, 0.3) is 5.91 Å². The van der Waals surface area contributed by atoms with Crippen LogP contribution in [0.5, 0.6) is 5.75 Å². The van der Waals surface area contributed by atoms with Gasteiger partial charge in [0.1, 0.15) is 10.5 Å². The number of hydrogen-bond acceptors (Lipinski definition) is 5. The molecule has 1 aromatic rings.